The first-order valence-electron chi connectivity index (χ1n) is 11.7. The maximum Gasteiger partial charge on any atom is 0.388 e. The zero-order valence-corrected chi connectivity index (χ0v) is 21.5. The van der Waals surface area contributed by atoms with E-state index in [0.717, 1.165) is 16.9 Å². The van der Waals surface area contributed by atoms with Crippen molar-refractivity contribution >= 4 is 40.2 Å². The summed E-state index contributed by atoms with van der Waals surface area (Å²) in [5.74, 6) is -5.34. The standard InChI is InChI=1S/C24H26F4N2O4S2/c1-3-33-22(32)21-15-7-12(6-14(35)8-13-9-20(29-30(13)2)34-23(25)26)4-5-18(15)36-19(21)10-17(31)16-11-24(16,27)28/h9,12,16,23H,3-8,10-11H2,1-2H3/t12-,16-/m1/s1. The monoisotopic (exact) mass is 546 g/mol. The summed E-state index contributed by atoms with van der Waals surface area (Å²) in [6.07, 6.45) is 2.36. The Morgan fingerprint density at radius 3 is 2.69 bits per heavy atom. The van der Waals surface area contributed by atoms with Gasteiger partial charge in [-0.25, -0.2) is 13.6 Å². The number of ether oxygens (including phenoxy) is 2. The molecule has 1 saturated carbocycles. The molecule has 2 atom stereocenters. The number of carbonyl (C=O) groups excluding carboxylic acids is 2. The minimum atomic E-state index is -2.96. The molecule has 0 spiro atoms. The molecule has 4 rings (SSSR count). The van der Waals surface area contributed by atoms with Crippen molar-refractivity contribution in [3.05, 3.63) is 32.6 Å². The van der Waals surface area contributed by atoms with E-state index in [9.17, 15) is 27.2 Å². The van der Waals surface area contributed by atoms with Crippen molar-refractivity contribution in [3.8, 4) is 5.88 Å². The number of hydrogen-bond donors (Lipinski definition) is 0. The number of carbonyl (C=O) groups is 2. The number of rotatable bonds is 11. The van der Waals surface area contributed by atoms with E-state index < -0.39 is 36.6 Å². The van der Waals surface area contributed by atoms with Crippen molar-refractivity contribution in [2.75, 3.05) is 6.61 Å². The molecular formula is C24H26F4N2O4S2. The van der Waals surface area contributed by atoms with E-state index in [-0.39, 0.29) is 24.8 Å². The van der Waals surface area contributed by atoms with Crippen LogP contribution >= 0.6 is 23.6 Å². The average molecular weight is 547 g/mol. The van der Waals surface area contributed by atoms with Gasteiger partial charge in [0.15, 0.2) is 0 Å². The molecule has 196 valence electrons. The first kappa shape index (κ1) is 26.7. The Morgan fingerprint density at radius 1 is 1.33 bits per heavy atom. The van der Waals surface area contributed by atoms with Gasteiger partial charge in [-0.05, 0) is 49.0 Å². The average Bonchev–Trinajstić information content (AvgIpc) is 3.09. The van der Waals surface area contributed by atoms with Crippen molar-refractivity contribution in [1.29, 1.82) is 0 Å². The molecule has 6 nitrogen and oxygen atoms in total. The van der Waals surface area contributed by atoms with Gasteiger partial charge >= 0.3 is 12.6 Å². The maximum absolute atomic E-state index is 13.4. The van der Waals surface area contributed by atoms with Gasteiger partial charge in [-0.15, -0.1) is 16.4 Å². The van der Waals surface area contributed by atoms with Crippen LogP contribution in [0, 0.1) is 11.8 Å². The summed E-state index contributed by atoms with van der Waals surface area (Å²) in [5, 5.41) is 3.91. The van der Waals surface area contributed by atoms with E-state index in [0.29, 0.717) is 46.7 Å². The highest BCUT2D eigenvalue weighted by Gasteiger charge is 2.60. The highest BCUT2D eigenvalue weighted by Crippen LogP contribution is 2.50. The predicted molar refractivity (Wildman–Crippen MR) is 128 cm³/mol. The van der Waals surface area contributed by atoms with Crippen molar-refractivity contribution in [2.24, 2.45) is 18.9 Å². The zero-order valence-electron chi connectivity index (χ0n) is 19.8. The second kappa shape index (κ2) is 10.6. The molecule has 0 aromatic carbocycles. The van der Waals surface area contributed by atoms with Crippen LogP contribution in [0.1, 0.15) is 57.6 Å². The minimum Gasteiger partial charge on any atom is -0.462 e. The molecule has 0 bridgehead atoms. The van der Waals surface area contributed by atoms with Crippen LogP contribution in [0.4, 0.5) is 17.6 Å². The second-order valence-electron chi connectivity index (χ2n) is 9.19. The fourth-order valence-electron chi connectivity index (χ4n) is 4.68. The Kier molecular flexibility index (Phi) is 7.84. The number of thiophene rings is 1. The largest absolute Gasteiger partial charge is 0.462 e. The first-order valence-corrected chi connectivity index (χ1v) is 12.9. The highest BCUT2D eigenvalue weighted by molar-refractivity contribution is 7.80. The molecule has 2 heterocycles. The number of hydrogen-bond acceptors (Lipinski definition) is 7. The Bertz CT molecular complexity index is 1180. The number of aryl methyl sites for hydroxylation is 2. The van der Waals surface area contributed by atoms with Crippen molar-refractivity contribution in [2.45, 2.75) is 64.4 Å². The Morgan fingerprint density at radius 2 is 2.06 bits per heavy atom. The predicted octanol–water partition coefficient (Wildman–Crippen LogP) is 5.13. The summed E-state index contributed by atoms with van der Waals surface area (Å²) >= 11 is 6.92. The molecule has 2 aliphatic carbocycles. The SMILES string of the molecule is CCOC(=O)c1c(CC(=O)[C@H]2CC2(F)F)sc2c1C[C@@H](CC(=S)Cc1cc(OC(F)F)nn1C)CC2. The van der Waals surface area contributed by atoms with Gasteiger partial charge in [-0.1, -0.05) is 12.2 Å². The van der Waals surface area contributed by atoms with E-state index in [4.69, 9.17) is 17.0 Å². The molecule has 0 aliphatic heterocycles. The zero-order chi connectivity index (χ0) is 26.2. The first-order chi connectivity index (χ1) is 17.0. The van der Waals surface area contributed by atoms with Crippen molar-refractivity contribution < 1.29 is 36.6 Å². The van der Waals surface area contributed by atoms with Crippen molar-refractivity contribution in [3.63, 3.8) is 0 Å². The number of alkyl halides is 4. The lowest BCUT2D eigenvalue weighted by Crippen LogP contribution is -2.20. The van der Waals surface area contributed by atoms with Crippen LogP contribution in [0.3, 0.4) is 0 Å². The van der Waals surface area contributed by atoms with Gasteiger partial charge in [0.25, 0.3) is 5.92 Å². The molecule has 12 heteroatoms. The number of ketones is 1. The third-order valence-corrected chi connectivity index (χ3v) is 8.13. The summed E-state index contributed by atoms with van der Waals surface area (Å²) < 4.78 is 62.8. The summed E-state index contributed by atoms with van der Waals surface area (Å²) in [6.45, 7) is -1.12. The van der Waals surface area contributed by atoms with Gasteiger partial charge in [0.05, 0.1) is 18.1 Å². The molecule has 1 fully saturated rings. The molecule has 0 amide bonds. The molecule has 0 saturated heterocycles. The fraction of sp³-hybridized carbons (Fsp3) is 0.583. The topological polar surface area (TPSA) is 70.4 Å². The molecule has 2 aromatic heterocycles. The molecular weight excluding hydrogens is 520 g/mol. The summed E-state index contributed by atoms with van der Waals surface area (Å²) in [7, 11) is 1.63. The molecule has 0 N–H and O–H groups in total. The number of thiocarbonyl (C=S) groups is 1. The van der Waals surface area contributed by atoms with Gasteiger partial charge in [0.1, 0.15) is 5.78 Å². The smallest absolute Gasteiger partial charge is 0.388 e. The van der Waals surface area contributed by atoms with Crippen LogP contribution in [0.5, 0.6) is 5.88 Å². The van der Waals surface area contributed by atoms with E-state index in [1.165, 1.54) is 22.1 Å². The number of esters is 1. The number of nitrogens with zero attached hydrogens (tertiary/aromatic N) is 2. The number of halogens is 4. The Labute approximate surface area is 214 Å². The number of Topliss-reactive ketones (excluding diaryl/α,β-unsaturated/α-hetero) is 1. The molecule has 0 radical (unpaired) electrons. The summed E-state index contributed by atoms with van der Waals surface area (Å²) in [4.78, 5) is 27.4. The summed E-state index contributed by atoms with van der Waals surface area (Å²) in [6, 6.07) is 1.43. The minimum absolute atomic E-state index is 0.133. The lowest BCUT2D eigenvalue weighted by Gasteiger charge is -2.23. The van der Waals surface area contributed by atoms with Crippen molar-refractivity contribution in [1.82, 2.24) is 9.78 Å². The molecule has 36 heavy (non-hydrogen) atoms. The lowest BCUT2D eigenvalue weighted by atomic mass is 9.83. The summed E-state index contributed by atoms with van der Waals surface area (Å²) in [5.41, 5.74) is 1.80. The van der Waals surface area contributed by atoms with Gasteiger partial charge in [0, 0.05) is 47.8 Å². The van der Waals surface area contributed by atoms with Crippen LogP contribution in [-0.4, -0.2) is 45.5 Å². The van der Waals surface area contributed by atoms with E-state index in [1.807, 2.05) is 0 Å². The Hall–Kier alpha value is -2.34. The molecule has 2 aromatic rings. The van der Waals surface area contributed by atoms with E-state index in [1.54, 1.807) is 14.0 Å². The Balaban J connectivity index is 1.46. The lowest BCUT2D eigenvalue weighted by molar-refractivity contribution is -0.121. The van der Waals surface area contributed by atoms with Gasteiger partial charge < -0.3 is 9.47 Å². The third kappa shape index (κ3) is 5.96. The number of aromatic nitrogens is 2. The maximum atomic E-state index is 13.4. The van der Waals surface area contributed by atoms with Crippen LogP contribution in [-0.2, 0) is 42.3 Å². The van der Waals surface area contributed by atoms with E-state index >= 15 is 0 Å². The van der Waals surface area contributed by atoms with Crippen LogP contribution in [0.2, 0.25) is 0 Å². The van der Waals surface area contributed by atoms with Crippen LogP contribution < -0.4 is 4.74 Å². The number of fused-ring (bicyclic) bond motifs is 1. The van der Waals surface area contributed by atoms with Crippen LogP contribution in [0.25, 0.3) is 0 Å². The van der Waals surface area contributed by atoms with Gasteiger partial charge in [0.2, 0.25) is 5.88 Å². The fourth-order valence-corrected chi connectivity index (χ4v) is 6.42. The quantitative estimate of drug-likeness (QED) is 0.221. The highest BCUT2D eigenvalue weighted by atomic mass is 32.1. The molecule has 2 aliphatic rings. The van der Waals surface area contributed by atoms with E-state index in [2.05, 4.69) is 9.84 Å². The second-order valence-corrected chi connectivity index (χ2v) is 11.0. The van der Waals surface area contributed by atoms with Gasteiger partial charge in [-0.3, -0.25) is 9.48 Å². The molecule has 0 unspecified atom stereocenters. The normalized spacial score (nSPS) is 20.2. The van der Waals surface area contributed by atoms with Crippen LogP contribution in [0.15, 0.2) is 6.07 Å². The van der Waals surface area contributed by atoms with Gasteiger partial charge in [-0.2, -0.15) is 8.78 Å². The third-order valence-electron chi connectivity index (χ3n) is 6.52.